The van der Waals surface area contributed by atoms with Crippen molar-refractivity contribution in [2.24, 2.45) is 0 Å². The molecule has 0 atom stereocenters. The largest absolute Gasteiger partial charge is 0.337 e. The third kappa shape index (κ3) is 3.68. The Morgan fingerprint density at radius 1 is 1.17 bits per heavy atom. The number of aryl methyl sites for hydroxylation is 1. The van der Waals surface area contributed by atoms with Gasteiger partial charge in [0.2, 0.25) is 5.91 Å². The van der Waals surface area contributed by atoms with Crippen LogP contribution in [0.4, 0.5) is 0 Å². The third-order valence-electron chi connectivity index (χ3n) is 4.17. The van der Waals surface area contributed by atoms with Crippen LogP contribution in [0.2, 0.25) is 0 Å². The number of carbonyl (C=O) groups excluding carboxylic acids is 1. The number of carbonyl (C=O) groups is 1. The van der Waals surface area contributed by atoms with Gasteiger partial charge in [-0.05, 0) is 42.5 Å². The molecule has 0 spiro atoms. The zero-order valence-corrected chi connectivity index (χ0v) is 14.1. The summed E-state index contributed by atoms with van der Waals surface area (Å²) in [6, 6.07) is 8.13. The molecule has 3 rings (SSSR count). The molecule has 1 saturated heterocycles. The van der Waals surface area contributed by atoms with Gasteiger partial charge in [0.1, 0.15) is 0 Å². The van der Waals surface area contributed by atoms with E-state index in [9.17, 15) is 4.79 Å². The monoisotopic (exact) mass is 326 g/mol. The highest BCUT2D eigenvalue weighted by Gasteiger charge is 2.21. The van der Waals surface area contributed by atoms with Gasteiger partial charge in [0.05, 0.1) is 12.2 Å². The van der Waals surface area contributed by atoms with Crippen molar-refractivity contribution in [2.45, 2.75) is 20.4 Å². The average molecular weight is 326 g/mol. The topological polar surface area (TPSA) is 67.2 Å². The molecule has 1 amide bonds. The molecule has 1 aromatic heterocycles. The Kier molecular flexibility index (Phi) is 5.00. The number of hydrogen-bond donors (Lipinski definition) is 0. The van der Waals surface area contributed by atoms with Crippen molar-refractivity contribution < 1.29 is 4.79 Å². The summed E-state index contributed by atoms with van der Waals surface area (Å²) >= 11 is 0. The Bertz CT molecular complexity index is 713. The Labute approximate surface area is 141 Å². The molecule has 0 unspecified atom stereocenters. The lowest BCUT2D eigenvalue weighted by molar-refractivity contribution is -0.127. The van der Waals surface area contributed by atoms with Crippen molar-refractivity contribution in [2.75, 3.05) is 26.2 Å². The van der Waals surface area contributed by atoms with Crippen LogP contribution < -0.4 is 0 Å². The molecule has 1 aromatic carbocycles. The van der Waals surface area contributed by atoms with Crippen LogP contribution in [-0.4, -0.2) is 62.1 Å². The van der Waals surface area contributed by atoms with Crippen LogP contribution in [0.3, 0.4) is 0 Å². The van der Waals surface area contributed by atoms with Gasteiger partial charge in [-0.1, -0.05) is 23.8 Å². The molecule has 1 aliphatic heterocycles. The first-order valence-corrected chi connectivity index (χ1v) is 8.15. The first kappa shape index (κ1) is 16.3. The maximum atomic E-state index is 11.9. The second-order valence-corrected chi connectivity index (χ2v) is 5.94. The van der Waals surface area contributed by atoms with E-state index < -0.39 is 0 Å². The number of rotatable bonds is 4. The molecule has 0 bridgehead atoms. The molecule has 126 valence electrons. The normalized spacial score (nSPS) is 16.0. The highest BCUT2D eigenvalue weighted by molar-refractivity contribution is 5.87. The summed E-state index contributed by atoms with van der Waals surface area (Å²) in [5.41, 5.74) is 2.16. The minimum atomic E-state index is 0.0849. The van der Waals surface area contributed by atoms with Gasteiger partial charge in [0.15, 0.2) is 5.82 Å². The standard InChI is InChI=1S/C17H22N6O/c1-3-4-17(24)22-11-9-21(10-12-22)13-16-18-19-20-23(16)15-7-5-14(2)6-8-15/h3-8H,9-13H2,1-2H3/b4-3+. The highest BCUT2D eigenvalue weighted by atomic mass is 16.2. The number of nitrogens with zero attached hydrogens (tertiary/aromatic N) is 6. The Morgan fingerprint density at radius 3 is 2.54 bits per heavy atom. The van der Waals surface area contributed by atoms with E-state index in [1.165, 1.54) is 5.56 Å². The quantitative estimate of drug-likeness (QED) is 0.790. The fraction of sp³-hybridized carbons (Fsp3) is 0.412. The van der Waals surface area contributed by atoms with Crippen molar-refractivity contribution in [3.8, 4) is 5.69 Å². The maximum Gasteiger partial charge on any atom is 0.246 e. The van der Waals surface area contributed by atoms with E-state index in [0.717, 1.165) is 37.7 Å². The van der Waals surface area contributed by atoms with Crippen molar-refractivity contribution in [1.29, 1.82) is 0 Å². The summed E-state index contributed by atoms with van der Waals surface area (Å²) in [5, 5.41) is 12.1. The fourth-order valence-electron chi connectivity index (χ4n) is 2.77. The molecule has 2 aromatic rings. The zero-order valence-electron chi connectivity index (χ0n) is 14.1. The van der Waals surface area contributed by atoms with Crippen LogP contribution in [0.1, 0.15) is 18.3 Å². The van der Waals surface area contributed by atoms with Crippen LogP contribution >= 0.6 is 0 Å². The van der Waals surface area contributed by atoms with E-state index in [1.54, 1.807) is 16.8 Å². The summed E-state index contributed by atoms with van der Waals surface area (Å²) in [5.74, 6) is 0.897. The third-order valence-corrected chi connectivity index (χ3v) is 4.17. The number of allylic oxidation sites excluding steroid dienone is 1. The van der Waals surface area contributed by atoms with E-state index >= 15 is 0 Å². The van der Waals surface area contributed by atoms with E-state index in [4.69, 9.17) is 0 Å². The van der Waals surface area contributed by atoms with Crippen LogP contribution in [0.5, 0.6) is 0 Å². The molecule has 0 N–H and O–H groups in total. The van der Waals surface area contributed by atoms with Gasteiger partial charge in [-0.15, -0.1) is 5.10 Å². The highest BCUT2D eigenvalue weighted by Crippen LogP contribution is 2.12. The predicted octanol–water partition coefficient (Wildman–Crippen LogP) is 1.19. The van der Waals surface area contributed by atoms with Gasteiger partial charge in [-0.3, -0.25) is 9.69 Å². The second-order valence-electron chi connectivity index (χ2n) is 5.94. The van der Waals surface area contributed by atoms with Gasteiger partial charge >= 0.3 is 0 Å². The van der Waals surface area contributed by atoms with Crippen molar-refractivity contribution >= 4 is 5.91 Å². The van der Waals surface area contributed by atoms with E-state index in [-0.39, 0.29) is 5.91 Å². The summed E-state index contributed by atoms with van der Waals surface area (Å²) in [6.07, 6.45) is 3.40. The number of aromatic nitrogens is 4. The summed E-state index contributed by atoms with van der Waals surface area (Å²) in [6.45, 7) is 7.70. The molecular weight excluding hydrogens is 304 g/mol. The van der Waals surface area contributed by atoms with Gasteiger partial charge in [0.25, 0.3) is 0 Å². The average Bonchev–Trinajstić information content (AvgIpc) is 3.04. The number of benzene rings is 1. The molecule has 2 heterocycles. The van der Waals surface area contributed by atoms with Gasteiger partial charge in [-0.25, -0.2) is 0 Å². The lowest BCUT2D eigenvalue weighted by atomic mass is 10.2. The molecule has 1 aliphatic rings. The summed E-state index contributed by atoms with van der Waals surface area (Å²) in [4.78, 5) is 16.0. The second kappa shape index (κ2) is 7.35. The minimum absolute atomic E-state index is 0.0849. The number of hydrogen-bond acceptors (Lipinski definition) is 5. The van der Waals surface area contributed by atoms with E-state index in [2.05, 4.69) is 27.3 Å². The molecule has 7 nitrogen and oxygen atoms in total. The van der Waals surface area contributed by atoms with Crippen LogP contribution in [-0.2, 0) is 11.3 Å². The number of amides is 1. The van der Waals surface area contributed by atoms with Crippen molar-refractivity contribution in [3.05, 3.63) is 47.8 Å². The molecule has 1 fully saturated rings. The Morgan fingerprint density at radius 2 is 1.88 bits per heavy atom. The zero-order chi connectivity index (χ0) is 16.9. The molecule has 7 heteroatoms. The van der Waals surface area contributed by atoms with E-state index in [0.29, 0.717) is 6.54 Å². The molecular formula is C17H22N6O. The van der Waals surface area contributed by atoms with Gasteiger partial charge < -0.3 is 4.90 Å². The fourth-order valence-corrected chi connectivity index (χ4v) is 2.77. The first-order chi connectivity index (χ1) is 11.7. The van der Waals surface area contributed by atoms with Crippen molar-refractivity contribution in [3.63, 3.8) is 0 Å². The van der Waals surface area contributed by atoms with Gasteiger partial charge in [-0.2, -0.15) is 4.68 Å². The summed E-state index contributed by atoms with van der Waals surface area (Å²) < 4.78 is 1.77. The predicted molar refractivity (Wildman–Crippen MR) is 90.6 cm³/mol. The lowest BCUT2D eigenvalue weighted by Crippen LogP contribution is -2.48. The maximum absolute atomic E-state index is 11.9. The SMILES string of the molecule is C/C=C/C(=O)N1CCN(Cc2nnnn2-c2ccc(C)cc2)CC1. The minimum Gasteiger partial charge on any atom is -0.337 e. The van der Waals surface area contributed by atoms with Gasteiger partial charge in [0, 0.05) is 26.2 Å². The number of piperazine rings is 1. The van der Waals surface area contributed by atoms with E-state index in [1.807, 2.05) is 36.1 Å². The van der Waals surface area contributed by atoms with Crippen LogP contribution in [0.15, 0.2) is 36.4 Å². The molecule has 0 saturated carbocycles. The molecule has 24 heavy (non-hydrogen) atoms. The number of tetrazole rings is 1. The molecule has 0 radical (unpaired) electrons. The molecule has 0 aliphatic carbocycles. The Balaban J connectivity index is 1.63. The lowest BCUT2D eigenvalue weighted by Gasteiger charge is -2.33. The smallest absolute Gasteiger partial charge is 0.246 e. The first-order valence-electron chi connectivity index (χ1n) is 8.15. The van der Waals surface area contributed by atoms with Crippen molar-refractivity contribution in [1.82, 2.24) is 30.0 Å². The van der Waals surface area contributed by atoms with Crippen LogP contribution in [0.25, 0.3) is 5.69 Å². The Hall–Kier alpha value is -2.54. The summed E-state index contributed by atoms with van der Waals surface area (Å²) in [7, 11) is 0. The van der Waals surface area contributed by atoms with Crippen LogP contribution in [0, 0.1) is 6.92 Å².